The van der Waals surface area contributed by atoms with Crippen LogP contribution in [0.1, 0.15) is 26.2 Å². The van der Waals surface area contributed by atoms with Crippen LogP contribution in [-0.4, -0.2) is 15.9 Å². The van der Waals surface area contributed by atoms with E-state index in [-0.39, 0.29) is 5.91 Å². The highest BCUT2D eigenvalue weighted by Crippen LogP contribution is 2.31. The molecule has 2 N–H and O–H groups in total. The molecule has 1 amide bonds. The molecule has 0 spiro atoms. The van der Waals surface area contributed by atoms with Gasteiger partial charge in [-0.1, -0.05) is 74.0 Å². The fourth-order valence-electron chi connectivity index (χ4n) is 2.58. The van der Waals surface area contributed by atoms with Crippen LogP contribution in [0.3, 0.4) is 0 Å². The van der Waals surface area contributed by atoms with E-state index in [2.05, 4.69) is 22.2 Å². The number of carbonyl (C=O) groups excluding carboxylic acids is 1. The fourth-order valence-corrected chi connectivity index (χ4v) is 2.58. The van der Waals surface area contributed by atoms with Crippen LogP contribution in [0.5, 0.6) is 0 Å². The van der Waals surface area contributed by atoms with E-state index in [0.717, 1.165) is 35.4 Å². The van der Waals surface area contributed by atoms with Crippen molar-refractivity contribution in [3.8, 4) is 22.5 Å². The van der Waals surface area contributed by atoms with Crippen molar-refractivity contribution in [1.82, 2.24) is 9.97 Å². The molecule has 1 heterocycles. The summed E-state index contributed by atoms with van der Waals surface area (Å²) in [7, 11) is 0. The van der Waals surface area contributed by atoms with Crippen molar-refractivity contribution >= 4 is 11.9 Å². The minimum absolute atomic E-state index is 0.00942. The molecule has 0 aliphatic heterocycles. The second-order valence-electron chi connectivity index (χ2n) is 5.69. The van der Waals surface area contributed by atoms with E-state index in [4.69, 9.17) is 0 Å². The van der Waals surface area contributed by atoms with Gasteiger partial charge in [0.2, 0.25) is 11.9 Å². The Bertz CT molecular complexity index is 737. The number of imidazole rings is 1. The molecule has 0 saturated heterocycles. The van der Waals surface area contributed by atoms with Gasteiger partial charge in [-0.15, -0.1) is 0 Å². The molecule has 122 valence electrons. The zero-order valence-electron chi connectivity index (χ0n) is 13.8. The van der Waals surface area contributed by atoms with E-state index < -0.39 is 0 Å². The van der Waals surface area contributed by atoms with Crippen LogP contribution >= 0.6 is 0 Å². The highest BCUT2D eigenvalue weighted by Gasteiger charge is 2.15. The SMILES string of the molecule is CCCCC(=O)Nc1nc(-c2ccccc2)c(-c2ccccc2)[nH]1. The predicted octanol–water partition coefficient (Wildman–Crippen LogP) is 4.87. The number of amides is 1. The number of anilines is 1. The molecule has 0 aliphatic rings. The second-order valence-corrected chi connectivity index (χ2v) is 5.69. The van der Waals surface area contributed by atoms with Gasteiger partial charge in [-0.25, -0.2) is 4.98 Å². The lowest BCUT2D eigenvalue weighted by Crippen LogP contribution is -2.12. The number of nitrogens with zero attached hydrogens (tertiary/aromatic N) is 1. The molecule has 0 radical (unpaired) electrons. The molecule has 2 aromatic carbocycles. The average Bonchev–Trinajstić information content (AvgIpc) is 3.05. The van der Waals surface area contributed by atoms with E-state index >= 15 is 0 Å². The van der Waals surface area contributed by atoms with Crippen LogP contribution in [0, 0.1) is 0 Å². The minimum Gasteiger partial charge on any atom is -0.323 e. The first-order valence-corrected chi connectivity index (χ1v) is 8.28. The van der Waals surface area contributed by atoms with Gasteiger partial charge in [0.05, 0.1) is 11.4 Å². The van der Waals surface area contributed by atoms with Gasteiger partial charge in [0.1, 0.15) is 0 Å². The summed E-state index contributed by atoms with van der Waals surface area (Å²) in [5, 5.41) is 2.87. The number of nitrogens with one attached hydrogen (secondary N) is 2. The van der Waals surface area contributed by atoms with E-state index in [9.17, 15) is 4.79 Å². The second kappa shape index (κ2) is 7.59. The first kappa shape index (κ1) is 16.0. The Morgan fingerprint density at radius 3 is 2.25 bits per heavy atom. The van der Waals surface area contributed by atoms with Crippen molar-refractivity contribution in [1.29, 1.82) is 0 Å². The highest BCUT2D eigenvalue weighted by molar-refractivity contribution is 5.90. The van der Waals surface area contributed by atoms with Gasteiger partial charge >= 0.3 is 0 Å². The molecule has 0 saturated carbocycles. The summed E-state index contributed by atoms with van der Waals surface area (Å²) in [6, 6.07) is 20.0. The van der Waals surface area contributed by atoms with Crippen LogP contribution in [0.15, 0.2) is 60.7 Å². The van der Waals surface area contributed by atoms with Gasteiger partial charge in [-0.2, -0.15) is 0 Å². The molecule has 24 heavy (non-hydrogen) atoms. The number of H-pyrrole nitrogens is 1. The minimum atomic E-state index is -0.00942. The van der Waals surface area contributed by atoms with Gasteiger partial charge in [0, 0.05) is 17.5 Å². The number of benzene rings is 2. The molecule has 4 heteroatoms. The summed E-state index contributed by atoms with van der Waals surface area (Å²) in [5.41, 5.74) is 3.81. The van der Waals surface area contributed by atoms with Gasteiger partial charge in [-0.05, 0) is 6.42 Å². The summed E-state index contributed by atoms with van der Waals surface area (Å²) in [5.74, 6) is 0.485. The number of unbranched alkanes of at least 4 members (excludes halogenated alkanes) is 1. The van der Waals surface area contributed by atoms with E-state index in [1.54, 1.807) is 0 Å². The summed E-state index contributed by atoms with van der Waals surface area (Å²) in [6.45, 7) is 2.07. The third-order valence-corrected chi connectivity index (χ3v) is 3.83. The maximum atomic E-state index is 12.0. The predicted molar refractivity (Wildman–Crippen MR) is 97.6 cm³/mol. The van der Waals surface area contributed by atoms with Crippen molar-refractivity contribution in [2.75, 3.05) is 5.32 Å². The molecule has 0 unspecified atom stereocenters. The largest absolute Gasteiger partial charge is 0.323 e. The topological polar surface area (TPSA) is 57.8 Å². The van der Waals surface area contributed by atoms with Crippen molar-refractivity contribution in [3.63, 3.8) is 0 Å². The quantitative estimate of drug-likeness (QED) is 0.681. The van der Waals surface area contributed by atoms with Crippen LogP contribution in [0.25, 0.3) is 22.5 Å². The monoisotopic (exact) mass is 319 g/mol. The number of rotatable bonds is 6. The van der Waals surface area contributed by atoms with E-state index in [1.165, 1.54) is 0 Å². The standard InChI is InChI=1S/C20H21N3O/c1-2-3-14-17(24)21-20-22-18(15-10-6-4-7-11-15)19(23-20)16-12-8-5-9-13-16/h4-13H,2-3,14H2,1H3,(H2,21,22,23,24). The zero-order valence-corrected chi connectivity index (χ0v) is 13.8. The Kier molecular flexibility index (Phi) is 5.06. The smallest absolute Gasteiger partial charge is 0.226 e. The van der Waals surface area contributed by atoms with Gasteiger partial charge in [0.15, 0.2) is 0 Å². The normalized spacial score (nSPS) is 10.5. The molecule has 4 nitrogen and oxygen atoms in total. The lowest BCUT2D eigenvalue weighted by Gasteiger charge is -2.02. The molecule has 3 rings (SSSR count). The number of aromatic nitrogens is 2. The van der Waals surface area contributed by atoms with Gasteiger partial charge in [0.25, 0.3) is 0 Å². The maximum Gasteiger partial charge on any atom is 0.226 e. The summed E-state index contributed by atoms with van der Waals surface area (Å²) < 4.78 is 0. The molecular formula is C20H21N3O. The number of hydrogen-bond donors (Lipinski definition) is 2. The molecule has 3 aromatic rings. The first-order valence-electron chi connectivity index (χ1n) is 8.28. The highest BCUT2D eigenvalue weighted by atomic mass is 16.1. The van der Waals surface area contributed by atoms with E-state index in [0.29, 0.717) is 12.4 Å². The lowest BCUT2D eigenvalue weighted by molar-refractivity contribution is -0.116. The molecular weight excluding hydrogens is 298 g/mol. The average molecular weight is 319 g/mol. The van der Waals surface area contributed by atoms with Gasteiger partial charge in [-0.3, -0.25) is 10.1 Å². The summed E-state index contributed by atoms with van der Waals surface area (Å²) in [4.78, 5) is 19.9. The fraction of sp³-hybridized carbons (Fsp3) is 0.200. The van der Waals surface area contributed by atoms with Crippen LogP contribution in [-0.2, 0) is 4.79 Å². The van der Waals surface area contributed by atoms with Crippen molar-refractivity contribution in [2.45, 2.75) is 26.2 Å². The van der Waals surface area contributed by atoms with Crippen molar-refractivity contribution in [2.24, 2.45) is 0 Å². The Labute approximate surface area is 142 Å². The maximum absolute atomic E-state index is 12.0. The molecule has 0 fully saturated rings. The van der Waals surface area contributed by atoms with Crippen LogP contribution < -0.4 is 5.32 Å². The third-order valence-electron chi connectivity index (χ3n) is 3.83. The Balaban J connectivity index is 1.96. The van der Waals surface area contributed by atoms with Crippen LogP contribution in [0.2, 0.25) is 0 Å². The third kappa shape index (κ3) is 3.71. The van der Waals surface area contributed by atoms with Crippen molar-refractivity contribution in [3.05, 3.63) is 60.7 Å². The Hall–Kier alpha value is -2.88. The Morgan fingerprint density at radius 1 is 1.00 bits per heavy atom. The van der Waals surface area contributed by atoms with E-state index in [1.807, 2.05) is 60.7 Å². The van der Waals surface area contributed by atoms with Crippen molar-refractivity contribution < 1.29 is 4.79 Å². The van der Waals surface area contributed by atoms with Gasteiger partial charge < -0.3 is 4.98 Å². The zero-order chi connectivity index (χ0) is 16.8. The number of carbonyl (C=O) groups is 1. The molecule has 1 aromatic heterocycles. The number of hydrogen-bond acceptors (Lipinski definition) is 2. The Morgan fingerprint density at radius 2 is 1.62 bits per heavy atom. The molecule has 0 atom stereocenters. The molecule has 0 bridgehead atoms. The lowest BCUT2D eigenvalue weighted by atomic mass is 10.1. The summed E-state index contributed by atoms with van der Waals surface area (Å²) in [6.07, 6.45) is 2.39. The molecule has 0 aliphatic carbocycles. The summed E-state index contributed by atoms with van der Waals surface area (Å²) >= 11 is 0. The number of aromatic amines is 1. The van der Waals surface area contributed by atoms with Crippen LogP contribution in [0.4, 0.5) is 5.95 Å². The first-order chi connectivity index (χ1) is 11.8.